The van der Waals surface area contributed by atoms with E-state index in [-0.39, 0.29) is 0 Å². The Labute approximate surface area is 60.6 Å². The first-order valence-electron chi connectivity index (χ1n) is 2.50. The van der Waals surface area contributed by atoms with E-state index in [4.69, 9.17) is 5.73 Å². The largest absolute Gasteiger partial charge is 0.384 e. The van der Waals surface area contributed by atoms with Gasteiger partial charge < -0.3 is 5.73 Å². The molecule has 0 radical (unpaired) electrons. The van der Waals surface area contributed by atoms with Crippen molar-refractivity contribution in [3.05, 3.63) is 23.4 Å². The number of aliphatic imine (C=N–C) groups is 1. The lowest BCUT2D eigenvalue weighted by molar-refractivity contribution is 1.27. The minimum atomic E-state index is 0.295. The number of thiol groups is 1. The van der Waals surface area contributed by atoms with E-state index >= 15 is 0 Å². The van der Waals surface area contributed by atoms with Crippen molar-refractivity contribution in [2.45, 2.75) is 6.92 Å². The van der Waals surface area contributed by atoms with Crippen LogP contribution in [0.5, 0.6) is 0 Å². The van der Waals surface area contributed by atoms with Crippen LogP contribution < -0.4 is 5.73 Å². The van der Waals surface area contributed by atoms with Gasteiger partial charge in [0.15, 0.2) is 0 Å². The third-order valence-electron chi connectivity index (χ3n) is 0.658. The Morgan fingerprint density at radius 3 is 2.67 bits per heavy atom. The molecule has 2 nitrogen and oxygen atoms in total. The summed E-state index contributed by atoms with van der Waals surface area (Å²) in [5.41, 5.74) is 5.14. The molecule has 0 aliphatic rings. The van der Waals surface area contributed by atoms with Gasteiger partial charge in [-0.15, -0.1) is 12.6 Å². The number of hydrogen-bond donors (Lipinski definition) is 2. The molecule has 3 heteroatoms. The molecule has 0 aliphatic heterocycles. The highest BCUT2D eigenvalue weighted by atomic mass is 32.1. The highest BCUT2D eigenvalue weighted by Gasteiger charge is 1.78. The van der Waals surface area contributed by atoms with Gasteiger partial charge in [-0.2, -0.15) is 0 Å². The predicted molar refractivity (Wildman–Crippen MR) is 44.6 cm³/mol. The van der Waals surface area contributed by atoms with Crippen molar-refractivity contribution in [1.82, 2.24) is 0 Å². The van der Waals surface area contributed by atoms with E-state index in [1.807, 2.05) is 13.0 Å². The van der Waals surface area contributed by atoms with Gasteiger partial charge in [0.1, 0.15) is 5.82 Å². The number of nitrogens with zero attached hydrogens (tertiary/aromatic N) is 1. The molecule has 0 aromatic carbocycles. The molecule has 0 atom stereocenters. The monoisotopic (exact) mass is 142 g/mol. The summed E-state index contributed by atoms with van der Waals surface area (Å²) < 4.78 is 0. The molecule has 0 unspecified atom stereocenters. The zero-order chi connectivity index (χ0) is 7.28. The fraction of sp³-hybridized carbons (Fsp3) is 0.167. The summed E-state index contributed by atoms with van der Waals surface area (Å²) in [7, 11) is 0. The molecular weight excluding hydrogens is 132 g/mol. The van der Waals surface area contributed by atoms with Gasteiger partial charge in [0.25, 0.3) is 0 Å². The highest BCUT2D eigenvalue weighted by Crippen LogP contribution is 1.94. The Morgan fingerprint density at radius 2 is 2.33 bits per heavy atom. The molecule has 0 saturated carbocycles. The first-order chi connectivity index (χ1) is 4.16. The zero-order valence-corrected chi connectivity index (χ0v) is 6.23. The molecule has 0 fully saturated rings. The molecule has 50 valence electrons. The normalized spacial score (nSPS) is 12.4. The Morgan fingerprint density at radius 1 is 1.78 bits per heavy atom. The van der Waals surface area contributed by atoms with Gasteiger partial charge in [-0.25, -0.2) is 4.99 Å². The van der Waals surface area contributed by atoms with E-state index in [9.17, 15) is 0 Å². The third kappa shape index (κ3) is 5.17. The lowest BCUT2D eigenvalue weighted by Crippen LogP contribution is -1.89. The molecular formula is C6H10N2S. The lowest BCUT2D eigenvalue weighted by Gasteiger charge is -1.86. The predicted octanol–water partition coefficient (Wildman–Crippen LogP) is 1.32. The van der Waals surface area contributed by atoms with Crippen LogP contribution in [0.2, 0.25) is 0 Å². The maximum atomic E-state index is 5.14. The smallest absolute Gasteiger partial charge is 0.116 e. The van der Waals surface area contributed by atoms with Crippen molar-refractivity contribution in [2.75, 3.05) is 0 Å². The van der Waals surface area contributed by atoms with Gasteiger partial charge in [0.2, 0.25) is 0 Å². The fourth-order valence-corrected chi connectivity index (χ4v) is 0.281. The summed E-state index contributed by atoms with van der Waals surface area (Å²) >= 11 is 4.02. The van der Waals surface area contributed by atoms with Crippen LogP contribution in [0.15, 0.2) is 28.4 Å². The minimum Gasteiger partial charge on any atom is -0.384 e. The fourth-order valence-electron chi connectivity index (χ4n) is 0.224. The Bertz CT molecular complexity index is 158. The van der Waals surface area contributed by atoms with Crippen LogP contribution in [-0.2, 0) is 0 Å². The molecule has 0 saturated heterocycles. The van der Waals surface area contributed by atoms with E-state index in [1.165, 1.54) is 0 Å². The average molecular weight is 142 g/mol. The van der Waals surface area contributed by atoms with Gasteiger partial charge in [0.05, 0.1) is 0 Å². The van der Waals surface area contributed by atoms with E-state index in [2.05, 4.69) is 24.2 Å². The van der Waals surface area contributed by atoms with Crippen LogP contribution in [0.3, 0.4) is 0 Å². The summed E-state index contributed by atoms with van der Waals surface area (Å²) in [5, 5.41) is 0. The lowest BCUT2D eigenvalue weighted by atomic mass is 10.5. The Kier molecular flexibility index (Phi) is 3.88. The Hall–Kier alpha value is -0.700. The summed E-state index contributed by atoms with van der Waals surface area (Å²) in [5.74, 6) is 0.295. The summed E-state index contributed by atoms with van der Waals surface area (Å²) in [6, 6.07) is 0. The van der Waals surface area contributed by atoms with E-state index in [0.29, 0.717) is 5.82 Å². The molecule has 0 amide bonds. The van der Waals surface area contributed by atoms with Crippen molar-refractivity contribution < 1.29 is 0 Å². The molecule has 9 heavy (non-hydrogen) atoms. The van der Waals surface area contributed by atoms with Crippen LogP contribution in [0, 0.1) is 0 Å². The number of rotatable bonds is 2. The number of nitrogens with two attached hydrogens (primary N) is 1. The summed E-state index contributed by atoms with van der Waals surface area (Å²) in [4.78, 5) is 4.49. The topological polar surface area (TPSA) is 38.4 Å². The first kappa shape index (κ1) is 8.30. The van der Waals surface area contributed by atoms with Crippen molar-refractivity contribution in [2.24, 2.45) is 10.7 Å². The van der Waals surface area contributed by atoms with Gasteiger partial charge >= 0.3 is 0 Å². The summed E-state index contributed by atoms with van der Waals surface area (Å²) in [6.07, 6.45) is 3.36. The van der Waals surface area contributed by atoms with Crippen LogP contribution in [0.1, 0.15) is 6.92 Å². The van der Waals surface area contributed by atoms with E-state index < -0.39 is 0 Å². The van der Waals surface area contributed by atoms with Crippen LogP contribution in [0.4, 0.5) is 0 Å². The molecule has 0 heterocycles. The highest BCUT2D eigenvalue weighted by molar-refractivity contribution is 7.85. The van der Waals surface area contributed by atoms with Gasteiger partial charge in [-0.05, 0) is 6.92 Å². The SMILES string of the molecule is C=C(N)N=C/C(S)=C\C. The molecule has 0 bridgehead atoms. The number of hydrogen-bond acceptors (Lipinski definition) is 3. The third-order valence-corrected chi connectivity index (χ3v) is 1.03. The maximum Gasteiger partial charge on any atom is 0.116 e. The van der Waals surface area contributed by atoms with Gasteiger partial charge in [-0.1, -0.05) is 12.7 Å². The zero-order valence-electron chi connectivity index (χ0n) is 5.33. The van der Waals surface area contributed by atoms with Crippen molar-refractivity contribution >= 4 is 18.8 Å². The van der Waals surface area contributed by atoms with E-state index in [0.717, 1.165) is 4.91 Å². The second kappa shape index (κ2) is 4.21. The van der Waals surface area contributed by atoms with Crippen molar-refractivity contribution in [3.8, 4) is 0 Å². The number of allylic oxidation sites excluding steroid dienone is 2. The van der Waals surface area contributed by atoms with Crippen LogP contribution >= 0.6 is 12.6 Å². The Balaban J connectivity index is 3.86. The van der Waals surface area contributed by atoms with Crippen LogP contribution in [-0.4, -0.2) is 6.21 Å². The van der Waals surface area contributed by atoms with E-state index in [1.54, 1.807) is 6.21 Å². The molecule has 0 aromatic heterocycles. The standard InChI is InChI=1S/C6H10N2S/c1-3-6(9)4-8-5(2)7/h3-4,9H,2,7H2,1H3/b6-3+,8-4?. The molecule has 0 aromatic rings. The van der Waals surface area contributed by atoms with Crippen molar-refractivity contribution in [3.63, 3.8) is 0 Å². The molecule has 0 spiro atoms. The quantitative estimate of drug-likeness (QED) is 0.443. The molecule has 0 aliphatic carbocycles. The first-order valence-corrected chi connectivity index (χ1v) is 2.95. The second-order valence-corrected chi connectivity index (χ2v) is 1.98. The van der Waals surface area contributed by atoms with Crippen molar-refractivity contribution in [1.29, 1.82) is 0 Å². The van der Waals surface area contributed by atoms with Crippen LogP contribution in [0.25, 0.3) is 0 Å². The average Bonchev–Trinajstić information content (AvgIpc) is 1.83. The molecule has 0 rings (SSSR count). The maximum absolute atomic E-state index is 5.14. The summed E-state index contributed by atoms with van der Waals surface area (Å²) in [6.45, 7) is 5.25. The van der Waals surface area contributed by atoms with Gasteiger partial charge in [0, 0.05) is 11.1 Å². The minimum absolute atomic E-state index is 0.295. The molecule has 2 N–H and O–H groups in total. The second-order valence-electron chi connectivity index (χ2n) is 1.46. The van der Waals surface area contributed by atoms with Gasteiger partial charge in [-0.3, -0.25) is 0 Å².